The lowest BCUT2D eigenvalue weighted by Crippen LogP contribution is -2.31. The molecule has 0 fully saturated rings. The maximum atomic E-state index is 13.2. The van der Waals surface area contributed by atoms with Crippen LogP contribution in [-0.2, 0) is 10.0 Å². The van der Waals surface area contributed by atoms with E-state index in [9.17, 15) is 18.3 Å². The highest BCUT2D eigenvalue weighted by molar-refractivity contribution is 7.93. The molecule has 1 heterocycles. The zero-order valence-corrected chi connectivity index (χ0v) is 15.7. The standard InChI is InChI=1S/C18H17ClN2O4S/c1-3-21(14-4-5-15-12(9-14)6-7-20-15)26(24,25)16-10-13(18(22)23)8-11(2)17(16)19/h4-10,20H,3H2,1-2H3,(H,22,23). The zero-order valence-electron chi connectivity index (χ0n) is 14.2. The molecular formula is C18H17ClN2O4S. The third kappa shape index (κ3) is 3.04. The van der Waals surface area contributed by atoms with Crippen molar-refractivity contribution in [1.29, 1.82) is 0 Å². The molecule has 0 unspecified atom stereocenters. The summed E-state index contributed by atoms with van der Waals surface area (Å²) < 4.78 is 27.7. The lowest BCUT2D eigenvalue weighted by atomic mass is 10.1. The van der Waals surface area contributed by atoms with Gasteiger partial charge in [0.05, 0.1) is 16.3 Å². The molecule has 0 atom stereocenters. The number of aromatic nitrogens is 1. The van der Waals surface area contributed by atoms with Crippen molar-refractivity contribution < 1.29 is 18.3 Å². The first-order valence-corrected chi connectivity index (χ1v) is 9.71. The van der Waals surface area contributed by atoms with Gasteiger partial charge in [0, 0.05) is 23.6 Å². The molecule has 0 aliphatic carbocycles. The molecular weight excluding hydrogens is 376 g/mol. The van der Waals surface area contributed by atoms with E-state index in [2.05, 4.69) is 4.98 Å². The van der Waals surface area contributed by atoms with Crippen LogP contribution in [0, 0.1) is 6.92 Å². The summed E-state index contributed by atoms with van der Waals surface area (Å²) in [5.74, 6) is -1.21. The number of sulfonamides is 1. The molecule has 26 heavy (non-hydrogen) atoms. The highest BCUT2D eigenvalue weighted by Gasteiger charge is 2.28. The van der Waals surface area contributed by atoms with E-state index in [1.807, 2.05) is 6.07 Å². The first kappa shape index (κ1) is 18.3. The molecule has 3 aromatic rings. The molecule has 0 saturated heterocycles. The van der Waals surface area contributed by atoms with E-state index in [0.717, 1.165) is 17.0 Å². The zero-order chi connectivity index (χ0) is 19.1. The fraction of sp³-hybridized carbons (Fsp3) is 0.167. The number of nitrogens with one attached hydrogen (secondary N) is 1. The number of rotatable bonds is 5. The van der Waals surface area contributed by atoms with Gasteiger partial charge in [-0.2, -0.15) is 0 Å². The van der Waals surface area contributed by atoms with Gasteiger partial charge in [0.15, 0.2) is 0 Å². The topological polar surface area (TPSA) is 90.5 Å². The average Bonchev–Trinajstić information content (AvgIpc) is 3.05. The summed E-state index contributed by atoms with van der Waals surface area (Å²) in [4.78, 5) is 14.2. The van der Waals surface area contributed by atoms with Gasteiger partial charge >= 0.3 is 5.97 Å². The largest absolute Gasteiger partial charge is 0.478 e. The number of hydrogen-bond acceptors (Lipinski definition) is 3. The molecule has 2 aromatic carbocycles. The van der Waals surface area contributed by atoms with Crippen molar-refractivity contribution in [3.8, 4) is 0 Å². The van der Waals surface area contributed by atoms with E-state index in [4.69, 9.17) is 11.6 Å². The summed E-state index contributed by atoms with van der Waals surface area (Å²) in [5.41, 5.74) is 1.64. The minimum absolute atomic E-state index is 0.0242. The van der Waals surface area contributed by atoms with Crippen molar-refractivity contribution in [3.63, 3.8) is 0 Å². The minimum Gasteiger partial charge on any atom is -0.478 e. The number of carboxylic acids is 1. The maximum Gasteiger partial charge on any atom is 0.335 e. The second kappa shape index (κ2) is 6.66. The van der Waals surface area contributed by atoms with Crippen LogP contribution in [0.3, 0.4) is 0 Å². The van der Waals surface area contributed by atoms with Crippen molar-refractivity contribution in [2.45, 2.75) is 18.7 Å². The number of hydrogen-bond donors (Lipinski definition) is 2. The number of H-pyrrole nitrogens is 1. The number of aromatic carboxylic acids is 1. The Labute approximate surface area is 156 Å². The molecule has 0 spiro atoms. The number of nitrogens with zero attached hydrogens (tertiary/aromatic N) is 1. The Hall–Kier alpha value is -2.51. The van der Waals surface area contributed by atoms with Crippen molar-refractivity contribution >= 4 is 44.2 Å². The normalized spacial score (nSPS) is 11.7. The molecule has 2 N–H and O–H groups in total. The van der Waals surface area contributed by atoms with E-state index < -0.39 is 16.0 Å². The number of benzene rings is 2. The third-order valence-corrected chi connectivity index (χ3v) is 6.69. The van der Waals surface area contributed by atoms with Crippen LogP contribution >= 0.6 is 11.6 Å². The highest BCUT2D eigenvalue weighted by atomic mass is 35.5. The van der Waals surface area contributed by atoms with Gasteiger partial charge in [-0.25, -0.2) is 13.2 Å². The number of fused-ring (bicyclic) bond motifs is 1. The maximum absolute atomic E-state index is 13.2. The van der Waals surface area contributed by atoms with Gasteiger partial charge in [0.2, 0.25) is 0 Å². The van der Waals surface area contributed by atoms with Gasteiger partial charge in [-0.15, -0.1) is 0 Å². The second-order valence-electron chi connectivity index (χ2n) is 5.83. The second-order valence-corrected chi connectivity index (χ2v) is 8.04. The number of carboxylic acid groups (broad SMARTS) is 1. The number of aryl methyl sites for hydroxylation is 1. The first-order chi connectivity index (χ1) is 12.3. The Balaban J connectivity index is 2.17. The molecule has 3 rings (SSSR count). The molecule has 1 aromatic heterocycles. The smallest absolute Gasteiger partial charge is 0.335 e. The fourth-order valence-corrected chi connectivity index (χ4v) is 4.89. The van der Waals surface area contributed by atoms with Crippen LogP contribution in [0.15, 0.2) is 47.5 Å². The summed E-state index contributed by atoms with van der Waals surface area (Å²) in [6.45, 7) is 3.46. The number of carbonyl (C=O) groups is 1. The van der Waals surface area contributed by atoms with Gasteiger partial charge in [0.1, 0.15) is 4.90 Å². The average molecular weight is 393 g/mol. The lowest BCUT2D eigenvalue weighted by molar-refractivity contribution is 0.0696. The van der Waals surface area contributed by atoms with E-state index >= 15 is 0 Å². The van der Waals surface area contributed by atoms with Crippen molar-refractivity contribution in [2.24, 2.45) is 0 Å². The summed E-state index contributed by atoms with van der Waals surface area (Å²) in [6, 6.07) is 9.55. The van der Waals surface area contributed by atoms with Crippen LogP contribution < -0.4 is 4.31 Å². The van der Waals surface area contributed by atoms with Gasteiger partial charge < -0.3 is 10.1 Å². The van der Waals surface area contributed by atoms with E-state index in [1.54, 1.807) is 38.2 Å². The molecule has 0 radical (unpaired) electrons. The van der Waals surface area contributed by atoms with E-state index in [1.165, 1.54) is 10.4 Å². The first-order valence-electron chi connectivity index (χ1n) is 7.89. The summed E-state index contributed by atoms with van der Waals surface area (Å²) in [5, 5.41) is 10.1. The van der Waals surface area contributed by atoms with Crippen molar-refractivity contribution in [3.05, 3.63) is 58.7 Å². The van der Waals surface area contributed by atoms with Crippen LogP contribution in [-0.4, -0.2) is 31.0 Å². The Kier molecular flexibility index (Phi) is 4.68. The van der Waals surface area contributed by atoms with Crippen LogP contribution in [0.2, 0.25) is 5.02 Å². The molecule has 136 valence electrons. The van der Waals surface area contributed by atoms with Crippen molar-refractivity contribution in [1.82, 2.24) is 4.98 Å². The minimum atomic E-state index is -4.04. The monoisotopic (exact) mass is 392 g/mol. The quantitative estimate of drug-likeness (QED) is 0.685. The number of halogens is 1. The van der Waals surface area contributed by atoms with Crippen LogP contribution in [0.5, 0.6) is 0 Å². The molecule has 0 aliphatic heterocycles. The van der Waals surface area contributed by atoms with E-state index in [0.29, 0.717) is 11.3 Å². The van der Waals surface area contributed by atoms with Crippen LogP contribution in [0.4, 0.5) is 5.69 Å². The summed E-state index contributed by atoms with van der Waals surface area (Å²) in [7, 11) is -4.04. The Morgan fingerprint density at radius 3 is 2.62 bits per heavy atom. The Morgan fingerprint density at radius 2 is 1.96 bits per heavy atom. The van der Waals surface area contributed by atoms with Gasteiger partial charge in [0.25, 0.3) is 10.0 Å². The number of aromatic amines is 1. The Bertz CT molecular complexity index is 1110. The predicted molar refractivity (Wildman–Crippen MR) is 102 cm³/mol. The lowest BCUT2D eigenvalue weighted by Gasteiger charge is -2.24. The SMILES string of the molecule is CCN(c1ccc2[nH]ccc2c1)S(=O)(=O)c1cc(C(=O)O)cc(C)c1Cl. The predicted octanol–water partition coefficient (Wildman–Crippen LogP) is 4.04. The molecule has 0 amide bonds. The molecule has 0 bridgehead atoms. The van der Waals surface area contributed by atoms with Crippen LogP contribution in [0.1, 0.15) is 22.8 Å². The van der Waals surface area contributed by atoms with Crippen LogP contribution in [0.25, 0.3) is 10.9 Å². The van der Waals surface area contributed by atoms with Gasteiger partial charge in [-0.05, 0) is 55.8 Å². The third-order valence-electron chi connectivity index (χ3n) is 4.15. The molecule has 6 nitrogen and oxygen atoms in total. The fourth-order valence-electron chi connectivity index (χ4n) is 2.85. The van der Waals surface area contributed by atoms with Gasteiger partial charge in [-0.1, -0.05) is 11.6 Å². The summed E-state index contributed by atoms with van der Waals surface area (Å²) >= 11 is 6.22. The summed E-state index contributed by atoms with van der Waals surface area (Å²) in [6.07, 6.45) is 1.77. The Morgan fingerprint density at radius 1 is 1.23 bits per heavy atom. The van der Waals surface area contributed by atoms with Crippen molar-refractivity contribution in [2.75, 3.05) is 10.8 Å². The van der Waals surface area contributed by atoms with Gasteiger partial charge in [-0.3, -0.25) is 4.31 Å². The highest BCUT2D eigenvalue weighted by Crippen LogP contribution is 2.32. The molecule has 0 saturated carbocycles. The molecule has 0 aliphatic rings. The van der Waals surface area contributed by atoms with E-state index in [-0.39, 0.29) is 22.0 Å². The molecule has 8 heteroatoms. The number of anilines is 1.